The summed E-state index contributed by atoms with van der Waals surface area (Å²) in [5, 5.41) is 5.50. The number of hydrogen-bond acceptors (Lipinski definition) is 4. The predicted octanol–water partition coefficient (Wildman–Crippen LogP) is 3.13. The fourth-order valence-electron chi connectivity index (χ4n) is 2.10. The molecule has 4 nitrogen and oxygen atoms in total. The first kappa shape index (κ1) is 17.6. The van der Waals surface area contributed by atoms with Gasteiger partial charge in [-0.1, -0.05) is 18.2 Å². The highest BCUT2D eigenvalue weighted by molar-refractivity contribution is 7.09. The maximum atomic E-state index is 12.1. The molecule has 2 rings (SSSR count). The Kier molecular flexibility index (Phi) is 6.33. The van der Waals surface area contributed by atoms with E-state index in [1.807, 2.05) is 19.1 Å². The molecule has 0 bridgehead atoms. The van der Waals surface area contributed by atoms with Gasteiger partial charge in [-0.3, -0.25) is 4.79 Å². The van der Waals surface area contributed by atoms with Crippen molar-refractivity contribution in [1.82, 2.24) is 10.3 Å². The Balaban J connectivity index is 0.00000220. The summed E-state index contributed by atoms with van der Waals surface area (Å²) in [5.41, 5.74) is 9.51. The van der Waals surface area contributed by atoms with Crippen molar-refractivity contribution >= 4 is 29.7 Å². The number of aromatic nitrogens is 1. The molecule has 1 unspecified atom stereocenters. The summed E-state index contributed by atoms with van der Waals surface area (Å²) in [6, 6.07) is 6.07. The van der Waals surface area contributed by atoms with Crippen LogP contribution >= 0.6 is 23.7 Å². The van der Waals surface area contributed by atoms with Gasteiger partial charge >= 0.3 is 0 Å². The lowest BCUT2D eigenvalue weighted by Crippen LogP contribution is -2.27. The minimum Gasteiger partial charge on any atom is -0.344 e. The van der Waals surface area contributed by atoms with Crippen LogP contribution in [0, 0.1) is 13.8 Å². The third kappa shape index (κ3) is 4.03. The standard InChI is InChI=1S/C15H19N3OS.ClH/c1-9-5-4-6-12(10(9)2)11(3)17-15(19)13-8-20-14(7-16)18-13;/h4-6,8,11H,7,16H2,1-3H3,(H,17,19);1H. The smallest absolute Gasteiger partial charge is 0.271 e. The van der Waals surface area contributed by atoms with Crippen LogP contribution in [0.3, 0.4) is 0 Å². The third-order valence-electron chi connectivity index (χ3n) is 3.42. The minimum absolute atomic E-state index is 0. The average Bonchev–Trinajstić information content (AvgIpc) is 2.90. The van der Waals surface area contributed by atoms with Crippen LogP contribution in [0.25, 0.3) is 0 Å². The lowest BCUT2D eigenvalue weighted by Gasteiger charge is -2.17. The summed E-state index contributed by atoms with van der Waals surface area (Å²) in [7, 11) is 0. The zero-order valence-electron chi connectivity index (χ0n) is 12.3. The average molecular weight is 326 g/mol. The predicted molar refractivity (Wildman–Crippen MR) is 89.1 cm³/mol. The van der Waals surface area contributed by atoms with Crippen molar-refractivity contribution in [3.8, 4) is 0 Å². The largest absolute Gasteiger partial charge is 0.344 e. The number of hydrogen-bond donors (Lipinski definition) is 2. The van der Waals surface area contributed by atoms with E-state index in [0.717, 1.165) is 10.6 Å². The van der Waals surface area contributed by atoms with Crippen LogP contribution in [0.2, 0.25) is 0 Å². The molecule has 21 heavy (non-hydrogen) atoms. The quantitative estimate of drug-likeness (QED) is 0.907. The highest BCUT2D eigenvalue weighted by Gasteiger charge is 2.15. The molecule has 1 aromatic heterocycles. The van der Waals surface area contributed by atoms with Gasteiger partial charge in [0.1, 0.15) is 10.7 Å². The number of halogens is 1. The number of nitrogens with one attached hydrogen (secondary N) is 1. The zero-order valence-corrected chi connectivity index (χ0v) is 14.0. The van der Waals surface area contributed by atoms with Crippen molar-refractivity contribution in [3.63, 3.8) is 0 Å². The molecule has 114 valence electrons. The first-order valence-corrected chi connectivity index (χ1v) is 7.42. The molecule has 3 N–H and O–H groups in total. The van der Waals surface area contributed by atoms with Crippen molar-refractivity contribution in [2.45, 2.75) is 33.4 Å². The second kappa shape index (κ2) is 7.54. The van der Waals surface area contributed by atoms with Gasteiger partial charge in [0.2, 0.25) is 0 Å². The van der Waals surface area contributed by atoms with Crippen molar-refractivity contribution < 1.29 is 4.79 Å². The number of nitrogens with two attached hydrogens (primary N) is 1. The van der Waals surface area contributed by atoms with Crippen LogP contribution in [0.4, 0.5) is 0 Å². The lowest BCUT2D eigenvalue weighted by atomic mass is 9.98. The summed E-state index contributed by atoms with van der Waals surface area (Å²) in [6.45, 7) is 6.49. The SMILES string of the molecule is Cc1cccc(C(C)NC(=O)c2csc(CN)n2)c1C.Cl. The molecule has 0 saturated carbocycles. The molecule has 0 saturated heterocycles. The Labute approximate surface area is 135 Å². The monoisotopic (exact) mass is 325 g/mol. The van der Waals surface area contributed by atoms with Gasteiger partial charge in [0.05, 0.1) is 6.04 Å². The summed E-state index contributed by atoms with van der Waals surface area (Å²) >= 11 is 1.41. The highest BCUT2D eigenvalue weighted by atomic mass is 35.5. The van der Waals surface area contributed by atoms with Crippen LogP contribution in [0.15, 0.2) is 23.6 Å². The first-order valence-electron chi connectivity index (χ1n) is 6.54. The van der Waals surface area contributed by atoms with E-state index in [9.17, 15) is 4.79 Å². The topological polar surface area (TPSA) is 68.0 Å². The summed E-state index contributed by atoms with van der Waals surface area (Å²) < 4.78 is 0. The van der Waals surface area contributed by atoms with E-state index in [1.54, 1.807) is 5.38 Å². The van der Waals surface area contributed by atoms with Gasteiger partial charge in [-0.05, 0) is 37.5 Å². The van der Waals surface area contributed by atoms with Gasteiger partial charge in [0.25, 0.3) is 5.91 Å². The second-order valence-corrected chi connectivity index (χ2v) is 5.76. The molecule has 2 aromatic rings. The van der Waals surface area contributed by atoms with E-state index in [1.165, 1.54) is 22.5 Å². The molecule has 6 heteroatoms. The Hall–Kier alpha value is -1.43. The summed E-state index contributed by atoms with van der Waals surface area (Å²) in [5.74, 6) is -0.158. The molecule has 0 aliphatic carbocycles. The molecule has 0 spiro atoms. The Bertz CT molecular complexity index is 627. The number of carbonyl (C=O) groups is 1. The Morgan fingerprint density at radius 3 is 2.76 bits per heavy atom. The van der Waals surface area contributed by atoms with E-state index in [2.05, 4.69) is 30.2 Å². The van der Waals surface area contributed by atoms with E-state index in [-0.39, 0.29) is 24.4 Å². The van der Waals surface area contributed by atoms with E-state index >= 15 is 0 Å². The molecule has 0 radical (unpaired) electrons. The molecule has 1 amide bonds. The molecule has 1 aromatic carbocycles. The first-order chi connectivity index (χ1) is 9.52. The van der Waals surface area contributed by atoms with Gasteiger partial charge in [0.15, 0.2) is 0 Å². The number of rotatable bonds is 4. The number of benzene rings is 1. The minimum atomic E-state index is -0.158. The summed E-state index contributed by atoms with van der Waals surface area (Å²) in [6.07, 6.45) is 0. The molecule has 0 aliphatic rings. The Morgan fingerprint density at radius 2 is 2.14 bits per heavy atom. The van der Waals surface area contributed by atoms with E-state index in [0.29, 0.717) is 12.2 Å². The number of thiazole rings is 1. The highest BCUT2D eigenvalue weighted by Crippen LogP contribution is 2.20. The zero-order chi connectivity index (χ0) is 14.7. The van der Waals surface area contributed by atoms with Crippen molar-refractivity contribution in [2.75, 3.05) is 0 Å². The maximum absolute atomic E-state index is 12.1. The van der Waals surface area contributed by atoms with Crippen LogP contribution < -0.4 is 11.1 Å². The molecule has 1 atom stereocenters. The van der Waals surface area contributed by atoms with Crippen molar-refractivity contribution in [1.29, 1.82) is 0 Å². The number of aryl methyl sites for hydroxylation is 1. The van der Waals surface area contributed by atoms with Crippen molar-refractivity contribution in [2.24, 2.45) is 5.73 Å². The number of amides is 1. The number of carbonyl (C=O) groups excluding carboxylic acids is 1. The molecular weight excluding hydrogens is 306 g/mol. The van der Waals surface area contributed by atoms with Gasteiger partial charge in [0, 0.05) is 11.9 Å². The Morgan fingerprint density at radius 1 is 1.43 bits per heavy atom. The fraction of sp³-hybridized carbons (Fsp3) is 0.333. The van der Waals surface area contributed by atoms with Gasteiger partial charge < -0.3 is 11.1 Å². The van der Waals surface area contributed by atoms with E-state index in [4.69, 9.17) is 5.73 Å². The lowest BCUT2D eigenvalue weighted by molar-refractivity contribution is 0.0935. The molecular formula is C15H20ClN3OS. The normalized spacial score (nSPS) is 11.6. The second-order valence-electron chi connectivity index (χ2n) is 4.81. The van der Waals surface area contributed by atoms with Crippen molar-refractivity contribution in [3.05, 3.63) is 51.0 Å². The molecule has 1 heterocycles. The van der Waals surface area contributed by atoms with Crippen LogP contribution in [0.5, 0.6) is 0 Å². The van der Waals surface area contributed by atoms with Gasteiger partial charge in [-0.2, -0.15) is 0 Å². The van der Waals surface area contributed by atoms with Gasteiger partial charge in [-0.25, -0.2) is 4.98 Å². The fourth-order valence-corrected chi connectivity index (χ4v) is 2.75. The van der Waals surface area contributed by atoms with Crippen LogP contribution in [0.1, 0.15) is 45.2 Å². The maximum Gasteiger partial charge on any atom is 0.271 e. The molecule has 0 fully saturated rings. The van der Waals surface area contributed by atoms with Crippen LogP contribution in [-0.2, 0) is 6.54 Å². The molecule has 0 aliphatic heterocycles. The summed E-state index contributed by atoms with van der Waals surface area (Å²) in [4.78, 5) is 16.3. The van der Waals surface area contributed by atoms with Crippen LogP contribution in [-0.4, -0.2) is 10.9 Å². The van der Waals surface area contributed by atoms with Gasteiger partial charge in [-0.15, -0.1) is 23.7 Å². The third-order valence-corrected chi connectivity index (χ3v) is 4.29. The number of nitrogens with zero attached hydrogens (tertiary/aromatic N) is 1. The van der Waals surface area contributed by atoms with E-state index < -0.39 is 0 Å².